The maximum Gasteiger partial charge on any atom is 0.261 e. The molecule has 124 valence electrons. The second-order valence-electron chi connectivity index (χ2n) is 5.38. The number of nitrogens with zero attached hydrogens (tertiary/aromatic N) is 1. The van der Waals surface area contributed by atoms with Crippen LogP contribution in [0.2, 0.25) is 0 Å². The Kier molecular flexibility index (Phi) is 4.48. The van der Waals surface area contributed by atoms with Crippen molar-refractivity contribution in [1.29, 1.82) is 0 Å². The third kappa shape index (κ3) is 2.96. The standard InChI is InChI=1S/C18H17NO5/c1-23-15-8-4-5-9-16(15)24-11-12(20)10-19-17(21)13-6-2-3-7-14(13)18(19)22/h2-9,12,20H,10-11H2,1H3/t12-/m1/s1. The molecular weight excluding hydrogens is 310 g/mol. The molecule has 2 aromatic rings. The molecule has 0 aromatic heterocycles. The molecule has 2 aromatic carbocycles. The lowest BCUT2D eigenvalue weighted by molar-refractivity contribution is 0.0454. The molecule has 0 bridgehead atoms. The zero-order valence-electron chi connectivity index (χ0n) is 13.1. The van der Waals surface area contributed by atoms with E-state index in [1.165, 1.54) is 7.11 Å². The first-order valence-corrected chi connectivity index (χ1v) is 7.51. The highest BCUT2D eigenvalue weighted by Crippen LogP contribution is 2.26. The van der Waals surface area contributed by atoms with Gasteiger partial charge in [0.25, 0.3) is 11.8 Å². The molecule has 1 N–H and O–H groups in total. The summed E-state index contributed by atoms with van der Waals surface area (Å²) in [4.78, 5) is 25.5. The van der Waals surface area contributed by atoms with Gasteiger partial charge in [-0.25, -0.2) is 0 Å². The number of para-hydroxylation sites is 2. The van der Waals surface area contributed by atoms with Gasteiger partial charge in [0.15, 0.2) is 11.5 Å². The molecule has 6 heteroatoms. The molecule has 0 radical (unpaired) electrons. The minimum Gasteiger partial charge on any atom is -0.493 e. The molecule has 6 nitrogen and oxygen atoms in total. The van der Waals surface area contributed by atoms with Crippen molar-refractivity contribution in [2.45, 2.75) is 6.10 Å². The number of ether oxygens (including phenoxy) is 2. The summed E-state index contributed by atoms with van der Waals surface area (Å²) >= 11 is 0. The number of hydrogen-bond donors (Lipinski definition) is 1. The van der Waals surface area contributed by atoms with Crippen molar-refractivity contribution in [3.63, 3.8) is 0 Å². The van der Waals surface area contributed by atoms with Gasteiger partial charge in [-0.3, -0.25) is 14.5 Å². The van der Waals surface area contributed by atoms with Crippen LogP contribution >= 0.6 is 0 Å². The van der Waals surface area contributed by atoms with Crippen LogP contribution in [0.4, 0.5) is 0 Å². The van der Waals surface area contributed by atoms with E-state index in [1.54, 1.807) is 48.5 Å². The van der Waals surface area contributed by atoms with E-state index in [4.69, 9.17) is 9.47 Å². The lowest BCUT2D eigenvalue weighted by Gasteiger charge is -2.19. The van der Waals surface area contributed by atoms with Crippen molar-refractivity contribution < 1.29 is 24.2 Å². The molecule has 24 heavy (non-hydrogen) atoms. The van der Waals surface area contributed by atoms with Crippen LogP contribution in [-0.4, -0.2) is 48.2 Å². The van der Waals surface area contributed by atoms with Crippen molar-refractivity contribution in [3.05, 3.63) is 59.7 Å². The SMILES string of the molecule is COc1ccccc1OC[C@H](O)CN1C(=O)c2ccccc2C1=O. The Bertz CT molecular complexity index is 739. The minimum atomic E-state index is -1.00. The predicted octanol–water partition coefficient (Wildman–Crippen LogP) is 1.73. The van der Waals surface area contributed by atoms with Crippen molar-refractivity contribution in [3.8, 4) is 11.5 Å². The van der Waals surface area contributed by atoms with E-state index in [9.17, 15) is 14.7 Å². The Morgan fingerprint density at radius 3 is 2.08 bits per heavy atom. The van der Waals surface area contributed by atoms with E-state index >= 15 is 0 Å². The van der Waals surface area contributed by atoms with E-state index in [1.807, 2.05) is 0 Å². The second-order valence-corrected chi connectivity index (χ2v) is 5.38. The van der Waals surface area contributed by atoms with Gasteiger partial charge >= 0.3 is 0 Å². The molecule has 2 amide bonds. The van der Waals surface area contributed by atoms with Crippen molar-refractivity contribution in [2.75, 3.05) is 20.3 Å². The molecule has 0 fully saturated rings. The summed E-state index contributed by atoms with van der Waals surface area (Å²) < 4.78 is 10.7. The van der Waals surface area contributed by atoms with Crippen LogP contribution in [0.15, 0.2) is 48.5 Å². The van der Waals surface area contributed by atoms with E-state index in [2.05, 4.69) is 0 Å². The number of benzene rings is 2. The number of aliphatic hydroxyl groups excluding tert-OH is 1. The molecule has 0 spiro atoms. The molecule has 1 heterocycles. The van der Waals surface area contributed by atoms with Crippen LogP contribution in [0.25, 0.3) is 0 Å². The fourth-order valence-corrected chi connectivity index (χ4v) is 2.59. The predicted molar refractivity (Wildman–Crippen MR) is 86.3 cm³/mol. The Balaban J connectivity index is 1.63. The van der Waals surface area contributed by atoms with Crippen LogP contribution in [-0.2, 0) is 0 Å². The number of methoxy groups -OCH3 is 1. The molecule has 0 aliphatic carbocycles. The monoisotopic (exact) mass is 327 g/mol. The normalized spacial score (nSPS) is 14.5. The number of rotatable bonds is 6. The molecule has 1 atom stereocenters. The zero-order valence-corrected chi connectivity index (χ0v) is 13.1. The highest BCUT2D eigenvalue weighted by Gasteiger charge is 2.36. The first-order chi connectivity index (χ1) is 11.6. The Hall–Kier alpha value is -2.86. The van der Waals surface area contributed by atoms with E-state index in [0.29, 0.717) is 22.6 Å². The van der Waals surface area contributed by atoms with Gasteiger partial charge in [0.2, 0.25) is 0 Å². The van der Waals surface area contributed by atoms with Crippen LogP contribution in [0.5, 0.6) is 11.5 Å². The van der Waals surface area contributed by atoms with Crippen LogP contribution in [0.3, 0.4) is 0 Å². The fourth-order valence-electron chi connectivity index (χ4n) is 2.59. The number of carbonyl (C=O) groups is 2. The molecule has 1 aliphatic rings. The number of fused-ring (bicyclic) bond motifs is 1. The maximum atomic E-state index is 12.3. The summed E-state index contributed by atoms with van der Waals surface area (Å²) in [5.41, 5.74) is 0.723. The van der Waals surface area contributed by atoms with Crippen LogP contribution in [0.1, 0.15) is 20.7 Å². The van der Waals surface area contributed by atoms with Crippen molar-refractivity contribution in [2.24, 2.45) is 0 Å². The summed E-state index contributed by atoms with van der Waals surface area (Å²) in [6.45, 7) is -0.185. The Morgan fingerprint density at radius 1 is 0.958 bits per heavy atom. The van der Waals surface area contributed by atoms with Crippen LogP contribution < -0.4 is 9.47 Å². The fraction of sp³-hybridized carbons (Fsp3) is 0.222. The number of carbonyl (C=O) groups excluding carboxylic acids is 2. The lowest BCUT2D eigenvalue weighted by Crippen LogP contribution is -2.39. The number of aliphatic hydroxyl groups is 1. The van der Waals surface area contributed by atoms with Gasteiger partial charge in [-0.1, -0.05) is 24.3 Å². The molecule has 0 saturated carbocycles. The Morgan fingerprint density at radius 2 is 1.50 bits per heavy atom. The van der Waals surface area contributed by atoms with Gasteiger partial charge in [0.05, 0.1) is 24.8 Å². The third-order valence-corrected chi connectivity index (χ3v) is 3.77. The summed E-state index contributed by atoms with van der Waals surface area (Å²) in [5, 5.41) is 10.1. The van der Waals surface area contributed by atoms with Gasteiger partial charge in [0, 0.05) is 0 Å². The largest absolute Gasteiger partial charge is 0.493 e. The summed E-state index contributed by atoms with van der Waals surface area (Å²) in [6, 6.07) is 13.7. The first kappa shape index (κ1) is 16.0. The molecule has 0 saturated heterocycles. The summed E-state index contributed by atoms with van der Waals surface area (Å²) in [7, 11) is 1.53. The minimum absolute atomic E-state index is 0.0617. The maximum absolute atomic E-state index is 12.3. The number of β-amino-alcohol motifs (C(OH)–C–C–N with tert-alkyl or cyclic N) is 1. The van der Waals surface area contributed by atoms with Crippen molar-refractivity contribution >= 4 is 11.8 Å². The van der Waals surface area contributed by atoms with E-state index in [-0.39, 0.29) is 13.2 Å². The van der Waals surface area contributed by atoms with Crippen LogP contribution in [0, 0.1) is 0 Å². The molecule has 0 unspecified atom stereocenters. The van der Waals surface area contributed by atoms with Gasteiger partial charge in [-0.2, -0.15) is 0 Å². The number of amides is 2. The lowest BCUT2D eigenvalue weighted by atomic mass is 10.1. The average molecular weight is 327 g/mol. The smallest absolute Gasteiger partial charge is 0.261 e. The van der Waals surface area contributed by atoms with Gasteiger partial charge in [-0.05, 0) is 24.3 Å². The van der Waals surface area contributed by atoms with Gasteiger partial charge in [0.1, 0.15) is 12.7 Å². The molecule has 1 aliphatic heterocycles. The number of imide groups is 1. The van der Waals surface area contributed by atoms with Gasteiger partial charge < -0.3 is 14.6 Å². The Labute approximate surface area is 139 Å². The zero-order chi connectivity index (χ0) is 17.1. The quantitative estimate of drug-likeness (QED) is 0.818. The summed E-state index contributed by atoms with van der Waals surface area (Å²) in [5.74, 6) is 0.241. The highest BCUT2D eigenvalue weighted by atomic mass is 16.5. The number of hydrogen-bond acceptors (Lipinski definition) is 5. The van der Waals surface area contributed by atoms with E-state index < -0.39 is 17.9 Å². The topological polar surface area (TPSA) is 76.1 Å². The second kappa shape index (κ2) is 6.72. The van der Waals surface area contributed by atoms with Gasteiger partial charge in [-0.15, -0.1) is 0 Å². The first-order valence-electron chi connectivity index (χ1n) is 7.51. The summed E-state index contributed by atoms with van der Waals surface area (Å²) in [6.07, 6.45) is -1.00. The molecular formula is C18H17NO5. The average Bonchev–Trinajstić information content (AvgIpc) is 2.85. The highest BCUT2D eigenvalue weighted by molar-refractivity contribution is 6.21. The third-order valence-electron chi connectivity index (χ3n) is 3.77. The molecule has 3 rings (SSSR count). The van der Waals surface area contributed by atoms with Crippen molar-refractivity contribution in [1.82, 2.24) is 4.90 Å². The van der Waals surface area contributed by atoms with E-state index in [0.717, 1.165) is 4.90 Å².